The van der Waals surface area contributed by atoms with Gasteiger partial charge in [-0.05, 0) is 25.1 Å². The first-order chi connectivity index (χ1) is 8.81. The molecule has 0 saturated carbocycles. The molecule has 0 spiro atoms. The zero-order valence-electron chi connectivity index (χ0n) is 10.4. The van der Waals surface area contributed by atoms with Gasteiger partial charge in [0.2, 0.25) is 0 Å². The van der Waals surface area contributed by atoms with Crippen LogP contribution in [-0.2, 0) is 6.18 Å². The van der Waals surface area contributed by atoms with Gasteiger partial charge in [0.1, 0.15) is 0 Å². The number of benzene rings is 1. The Balaban J connectivity index is 3.12. The van der Waals surface area contributed by atoms with Crippen LogP contribution in [0.2, 0.25) is 0 Å². The maximum absolute atomic E-state index is 12.7. The Morgan fingerprint density at radius 3 is 2.53 bits per heavy atom. The molecule has 1 rings (SSSR count). The Bertz CT molecular complexity index is 461. The second kappa shape index (κ2) is 5.92. The molecule has 0 aliphatic carbocycles. The topological polar surface area (TPSA) is 66.6 Å². The van der Waals surface area contributed by atoms with Gasteiger partial charge in [-0.3, -0.25) is 4.79 Å². The summed E-state index contributed by atoms with van der Waals surface area (Å²) in [6.45, 7) is 1.79. The van der Waals surface area contributed by atoms with Gasteiger partial charge in [-0.15, -0.1) is 0 Å². The third-order valence-corrected chi connectivity index (χ3v) is 2.64. The van der Waals surface area contributed by atoms with Crippen LogP contribution in [0.15, 0.2) is 18.2 Å². The minimum atomic E-state index is -4.60. The van der Waals surface area contributed by atoms with Crippen LogP contribution in [-0.4, -0.2) is 35.6 Å². The van der Waals surface area contributed by atoms with E-state index < -0.39 is 23.3 Å². The minimum Gasteiger partial charge on any atom is -0.398 e. The van der Waals surface area contributed by atoms with E-state index in [2.05, 4.69) is 0 Å². The van der Waals surface area contributed by atoms with Gasteiger partial charge in [0.25, 0.3) is 5.91 Å². The smallest absolute Gasteiger partial charge is 0.398 e. The van der Waals surface area contributed by atoms with Crippen LogP contribution in [0.4, 0.5) is 18.9 Å². The lowest BCUT2D eigenvalue weighted by molar-refractivity contribution is -0.136. The maximum atomic E-state index is 12.7. The van der Waals surface area contributed by atoms with E-state index in [1.54, 1.807) is 6.92 Å². The molecule has 0 aliphatic rings. The van der Waals surface area contributed by atoms with Gasteiger partial charge in [0.05, 0.1) is 12.2 Å². The predicted octanol–water partition coefficient (Wildman–Crippen LogP) is 1.74. The number of nitrogens with zero attached hydrogens (tertiary/aromatic N) is 1. The van der Waals surface area contributed by atoms with Crippen molar-refractivity contribution in [2.75, 3.05) is 25.4 Å². The number of aliphatic hydroxyl groups excluding tert-OH is 1. The number of carbonyl (C=O) groups excluding carboxylic acids is 1. The molecule has 0 radical (unpaired) electrons. The number of aliphatic hydroxyl groups is 1. The van der Waals surface area contributed by atoms with E-state index >= 15 is 0 Å². The maximum Gasteiger partial charge on any atom is 0.418 e. The summed E-state index contributed by atoms with van der Waals surface area (Å²) in [5.41, 5.74) is 3.71. The molecule has 0 heterocycles. The number of hydrogen-bond acceptors (Lipinski definition) is 3. The molecule has 0 fully saturated rings. The highest BCUT2D eigenvalue weighted by atomic mass is 19.4. The van der Waals surface area contributed by atoms with E-state index in [-0.39, 0.29) is 18.7 Å². The molecule has 0 unspecified atom stereocenters. The van der Waals surface area contributed by atoms with Gasteiger partial charge >= 0.3 is 6.18 Å². The SMILES string of the molecule is CCN(CCO)C(=O)c1ccc(N)c(C(F)(F)F)c1. The van der Waals surface area contributed by atoms with Crippen LogP contribution in [0.1, 0.15) is 22.8 Å². The van der Waals surface area contributed by atoms with Crippen molar-refractivity contribution in [3.63, 3.8) is 0 Å². The molecule has 1 aromatic rings. The number of carbonyl (C=O) groups is 1. The van der Waals surface area contributed by atoms with Crippen molar-refractivity contribution in [2.24, 2.45) is 0 Å². The summed E-state index contributed by atoms with van der Waals surface area (Å²) < 4.78 is 38.0. The quantitative estimate of drug-likeness (QED) is 0.823. The third-order valence-electron chi connectivity index (χ3n) is 2.64. The highest BCUT2D eigenvalue weighted by Gasteiger charge is 2.33. The van der Waals surface area contributed by atoms with Crippen LogP contribution in [0.25, 0.3) is 0 Å². The first-order valence-corrected chi connectivity index (χ1v) is 5.68. The van der Waals surface area contributed by atoms with Gasteiger partial charge in [-0.2, -0.15) is 13.2 Å². The van der Waals surface area contributed by atoms with Crippen LogP contribution < -0.4 is 5.73 Å². The molecule has 1 amide bonds. The number of alkyl halides is 3. The normalized spacial score (nSPS) is 11.4. The van der Waals surface area contributed by atoms with Crippen LogP contribution in [0.5, 0.6) is 0 Å². The first kappa shape index (κ1) is 15.3. The van der Waals surface area contributed by atoms with E-state index in [9.17, 15) is 18.0 Å². The molecular weight excluding hydrogens is 261 g/mol. The molecule has 0 aliphatic heterocycles. The lowest BCUT2D eigenvalue weighted by Crippen LogP contribution is -2.33. The van der Waals surface area contributed by atoms with Crippen molar-refractivity contribution in [1.82, 2.24) is 4.90 Å². The summed E-state index contributed by atoms with van der Waals surface area (Å²) in [5.74, 6) is -0.568. The van der Waals surface area contributed by atoms with E-state index in [4.69, 9.17) is 10.8 Å². The average Bonchev–Trinajstić information content (AvgIpc) is 2.34. The monoisotopic (exact) mass is 276 g/mol. The van der Waals surface area contributed by atoms with Crippen molar-refractivity contribution in [1.29, 1.82) is 0 Å². The fourth-order valence-corrected chi connectivity index (χ4v) is 1.64. The number of likely N-dealkylation sites (N-methyl/N-ethyl adjacent to an activating group) is 1. The van der Waals surface area contributed by atoms with E-state index in [1.807, 2.05) is 0 Å². The predicted molar refractivity (Wildman–Crippen MR) is 64.5 cm³/mol. The summed E-state index contributed by atoms with van der Waals surface area (Å²) in [6, 6.07) is 3.04. The van der Waals surface area contributed by atoms with Crippen molar-refractivity contribution in [2.45, 2.75) is 13.1 Å². The number of nitrogen functional groups attached to an aromatic ring is 1. The molecule has 0 saturated heterocycles. The fraction of sp³-hybridized carbons (Fsp3) is 0.417. The molecule has 1 aromatic carbocycles. The molecule has 7 heteroatoms. The largest absolute Gasteiger partial charge is 0.418 e. The van der Waals surface area contributed by atoms with Crippen LogP contribution in [0, 0.1) is 0 Å². The van der Waals surface area contributed by atoms with Gasteiger partial charge in [-0.1, -0.05) is 0 Å². The van der Waals surface area contributed by atoms with Gasteiger partial charge in [0.15, 0.2) is 0 Å². The molecule has 0 aromatic heterocycles. The molecule has 4 nitrogen and oxygen atoms in total. The molecule has 19 heavy (non-hydrogen) atoms. The van der Waals surface area contributed by atoms with Gasteiger partial charge < -0.3 is 15.7 Å². The van der Waals surface area contributed by atoms with Gasteiger partial charge in [-0.25, -0.2) is 0 Å². The Labute approximate surface area is 108 Å². The number of rotatable bonds is 4. The molecule has 0 atom stereocenters. The fourth-order valence-electron chi connectivity index (χ4n) is 1.64. The highest BCUT2D eigenvalue weighted by molar-refractivity contribution is 5.95. The van der Waals surface area contributed by atoms with E-state index in [0.29, 0.717) is 6.54 Å². The van der Waals surface area contributed by atoms with Gasteiger partial charge in [0, 0.05) is 24.3 Å². The Kier molecular flexibility index (Phi) is 4.77. The number of nitrogens with two attached hydrogens (primary N) is 1. The second-order valence-corrected chi connectivity index (χ2v) is 3.91. The summed E-state index contributed by atoms with van der Waals surface area (Å²) in [6.07, 6.45) is -4.60. The summed E-state index contributed by atoms with van der Waals surface area (Å²) in [7, 11) is 0. The zero-order chi connectivity index (χ0) is 14.6. The Morgan fingerprint density at radius 2 is 2.05 bits per heavy atom. The summed E-state index contributed by atoms with van der Waals surface area (Å²) in [5, 5.41) is 8.80. The lowest BCUT2D eigenvalue weighted by atomic mass is 10.1. The average molecular weight is 276 g/mol. The molecular formula is C12H15F3N2O2. The van der Waals surface area contributed by atoms with Crippen molar-refractivity contribution < 1.29 is 23.1 Å². The third kappa shape index (κ3) is 3.60. The molecule has 0 bridgehead atoms. The van der Waals surface area contributed by atoms with Crippen molar-refractivity contribution >= 4 is 11.6 Å². The second-order valence-electron chi connectivity index (χ2n) is 3.91. The number of anilines is 1. The zero-order valence-corrected chi connectivity index (χ0v) is 10.4. The van der Waals surface area contributed by atoms with Crippen LogP contribution in [0.3, 0.4) is 0 Å². The summed E-state index contributed by atoms with van der Waals surface area (Å²) in [4.78, 5) is 13.2. The highest BCUT2D eigenvalue weighted by Crippen LogP contribution is 2.34. The van der Waals surface area contributed by atoms with Crippen LogP contribution >= 0.6 is 0 Å². The van der Waals surface area contributed by atoms with Crippen molar-refractivity contribution in [3.05, 3.63) is 29.3 Å². The van der Waals surface area contributed by atoms with Crippen molar-refractivity contribution in [3.8, 4) is 0 Å². The Morgan fingerprint density at radius 1 is 1.42 bits per heavy atom. The first-order valence-electron chi connectivity index (χ1n) is 5.68. The summed E-state index contributed by atoms with van der Waals surface area (Å²) >= 11 is 0. The number of amides is 1. The molecule has 106 valence electrons. The van der Waals surface area contributed by atoms with E-state index in [1.165, 1.54) is 11.0 Å². The number of hydrogen-bond donors (Lipinski definition) is 2. The Hall–Kier alpha value is -1.76. The minimum absolute atomic E-state index is 0.0705. The molecule has 3 N–H and O–H groups in total. The van der Waals surface area contributed by atoms with E-state index in [0.717, 1.165) is 12.1 Å². The standard InChI is InChI=1S/C12H15F3N2O2/c1-2-17(5-6-18)11(19)8-3-4-10(16)9(7-8)12(13,14)15/h3-4,7,18H,2,5-6,16H2,1H3. The lowest BCUT2D eigenvalue weighted by Gasteiger charge is -2.20. The number of halogens is 3.